The molecular weight excluding hydrogens is 538 g/mol. The normalized spacial score (nSPS) is 14.1. The van der Waals surface area contributed by atoms with E-state index in [0.717, 1.165) is 0 Å². The van der Waals surface area contributed by atoms with Crippen molar-refractivity contribution in [2.75, 3.05) is 26.2 Å². The highest BCUT2D eigenvalue weighted by atomic mass is 32.2. The third kappa shape index (κ3) is 11.8. The van der Waals surface area contributed by atoms with E-state index in [1.165, 1.54) is 26.0 Å². The maximum Gasteiger partial charge on any atom is 0.408 e. The number of esters is 1. The summed E-state index contributed by atoms with van der Waals surface area (Å²) in [4.78, 5) is 64.7. The van der Waals surface area contributed by atoms with Crippen LogP contribution in [0.2, 0.25) is 0 Å². The Morgan fingerprint density at radius 2 is 1.52 bits per heavy atom. The van der Waals surface area contributed by atoms with Crippen LogP contribution in [0.3, 0.4) is 0 Å². The average Bonchev–Trinajstić information content (AvgIpc) is 2.91. The van der Waals surface area contributed by atoms with Gasteiger partial charge >= 0.3 is 12.1 Å². The Labute approximate surface area is 240 Å². The van der Waals surface area contributed by atoms with E-state index in [2.05, 4.69) is 16.0 Å². The fourth-order valence-corrected chi connectivity index (χ4v) is 4.04. The van der Waals surface area contributed by atoms with E-state index in [0.29, 0.717) is 23.5 Å². The molecule has 0 bridgehead atoms. The minimum Gasteiger partial charge on any atom is -0.497 e. The summed E-state index contributed by atoms with van der Waals surface area (Å²) in [5.74, 6) is -1.63. The number of hydrogen-bond donors (Lipinski definition) is 3. The number of ether oxygens (including phenoxy) is 3. The van der Waals surface area contributed by atoms with E-state index < -0.39 is 53.4 Å². The fourth-order valence-electron chi connectivity index (χ4n) is 3.57. The van der Waals surface area contributed by atoms with Crippen LogP contribution in [0, 0.1) is 5.92 Å². The lowest BCUT2D eigenvalue weighted by Crippen LogP contribution is -2.57. The third-order valence-electron chi connectivity index (χ3n) is 6.02. The number of Topliss-reactive ketones (excluding diaryl/α,β-unsaturated/α-hetero) is 1. The molecule has 4 atom stereocenters. The summed E-state index contributed by atoms with van der Waals surface area (Å²) in [6.07, 6.45) is 1.50. The molecule has 0 unspecified atom stereocenters. The number of benzene rings is 1. The summed E-state index contributed by atoms with van der Waals surface area (Å²) in [6.45, 7) is 8.73. The monoisotopic (exact) mass is 581 g/mol. The van der Waals surface area contributed by atoms with Gasteiger partial charge in [0, 0.05) is 12.0 Å². The number of hydrogen-bond acceptors (Lipinski definition) is 9. The first-order chi connectivity index (χ1) is 18.8. The van der Waals surface area contributed by atoms with Crippen molar-refractivity contribution in [2.45, 2.75) is 77.6 Å². The van der Waals surface area contributed by atoms with E-state index in [1.54, 1.807) is 52.0 Å². The van der Waals surface area contributed by atoms with Gasteiger partial charge in [-0.2, -0.15) is 11.8 Å². The van der Waals surface area contributed by atoms with Crippen LogP contribution < -0.4 is 20.7 Å². The second-order valence-electron chi connectivity index (χ2n) is 10.3. The number of carbonyl (C=O) groups excluding carboxylic acids is 5. The lowest BCUT2D eigenvalue weighted by atomic mass is 9.97. The van der Waals surface area contributed by atoms with Gasteiger partial charge in [-0.15, -0.1) is 0 Å². The molecular formula is C28H43N3O8S. The zero-order chi connectivity index (χ0) is 30.5. The number of ketones is 1. The summed E-state index contributed by atoms with van der Waals surface area (Å²) in [6, 6.07) is 2.99. The van der Waals surface area contributed by atoms with Gasteiger partial charge < -0.3 is 30.2 Å². The third-order valence-corrected chi connectivity index (χ3v) is 6.66. The molecule has 0 aromatic heterocycles. The Balaban J connectivity index is 3.26. The topological polar surface area (TPSA) is 149 Å². The Kier molecular flexibility index (Phi) is 14.5. The molecule has 0 heterocycles. The predicted octanol–water partition coefficient (Wildman–Crippen LogP) is 3.10. The minimum atomic E-state index is -1.34. The van der Waals surface area contributed by atoms with Crippen molar-refractivity contribution in [1.29, 1.82) is 0 Å². The standard InChI is InChI=1S/C28H43N3O8S/c1-9-17(2)23(26(35)38-7)31-25(34)21(16-22(32)18-10-12-19(37-6)13-11-18)29-24(33)20(14-15-40-8)30-27(36)39-28(3,4)5/h10-13,17,20-21,23H,9,14-16H2,1-8H3,(H,29,33)(H,30,36)(H,31,34)/t17-,20-,21-,23-/m0/s1. The van der Waals surface area contributed by atoms with Crippen molar-refractivity contribution < 1.29 is 38.2 Å². The highest BCUT2D eigenvalue weighted by Crippen LogP contribution is 2.15. The molecule has 1 aromatic rings. The van der Waals surface area contributed by atoms with Crippen molar-refractivity contribution in [2.24, 2.45) is 5.92 Å². The smallest absolute Gasteiger partial charge is 0.408 e. The Hall–Kier alpha value is -3.28. The number of alkyl carbamates (subject to hydrolysis) is 1. The number of nitrogens with one attached hydrogen (secondary N) is 3. The molecule has 0 fully saturated rings. The minimum absolute atomic E-state index is 0.255. The van der Waals surface area contributed by atoms with Gasteiger partial charge in [0.2, 0.25) is 11.8 Å². The van der Waals surface area contributed by atoms with E-state index in [9.17, 15) is 24.0 Å². The number of carbonyl (C=O) groups is 5. The van der Waals surface area contributed by atoms with Gasteiger partial charge in [-0.05, 0) is 69.4 Å². The predicted molar refractivity (Wildman–Crippen MR) is 153 cm³/mol. The molecule has 1 aromatic carbocycles. The quantitative estimate of drug-likeness (QED) is 0.210. The lowest BCUT2D eigenvalue weighted by molar-refractivity contribution is -0.147. The van der Waals surface area contributed by atoms with Crippen LogP contribution in [-0.4, -0.2) is 79.6 Å². The molecule has 0 spiro atoms. The molecule has 0 saturated carbocycles. The lowest BCUT2D eigenvalue weighted by Gasteiger charge is -2.27. The molecule has 3 N–H and O–H groups in total. The zero-order valence-electron chi connectivity index (χ0n) is 24.6. The average molecular weight is 582 g/mol. The Bertz CT molecular complexity index is 1010. The molecule has 40 heavy (non-hydrogen) atoms. The van der Waals surface area contributed by atoms with Gasteiger partial charge in [0.05, 0.1) is 14.2 Å². The number of amides is 3. The van der Waals surface area contributed by atoms with E-state index in [-0.39, 0.29) is 18.8 Å². The van der Waals surface area contributed by atoms with Gasteiger partial charge in [0.1, 0.15) is 29.5 Å². The molecule has 224 valence electrons. The largest absolute Gasteiger partial charge is 0.497 e. The molecule has 0 aliphatic heterocycles. The SMILES string of the molecule is CC[C@H](C)[C@H](NC(=O)[C@H](CC(=O)c1ccc(OC)cc1)NC(=O)[C@H](CCSC)NC(=O)OC(C)(C)C)C(=O)OC. The fraction of sp³-hybridized carbons (Fsp3) is 0.607. The number of thioether (sulfide) groups is 1. The summed E-state index contributed by atoms with van der Waals surface area (Å²) < 4.78 is 15.3. The van der Waals surface area contributed by atoms with Crippen molar-refractivity contribution in [3.05, 3.63) is 29.8 Å². The van der Waals surface area contributed by atoms with Gasteiger partial charge in [0.15, 0.2) is 5.78 Å². The first-order valence-corrected chi connectivity index (χ1v) is 14.5. The van der Waals surface area contributed by atoms with Gasteiger partial charge in [-0.3, -0.25) is 14.4 Å². The first-order valence-electron chi connectivity index (χ1n) is 13.1. The summed E-state index contributed by atoms with van der Waals surface area (Å²) >= 11 is 1.48. The van der Waals surface area contributed by atoms with Crippen LogP contribution in [0.15, 0.2) is 24.3 Å². The summed E-state index contributed by atoms with van der Waals surface area (Å²) in [5.41, 5.74) is -0.471. The van der Waals surface area contributed by atoms with Crippen molar-refractivity contribution in [3.63, 3.8) is 0 Å². The second-order valence-corrected chi connectivity index (χ2v) is 11.3. The molecule has 11 nitrogen and oxygen atoms in total. The molecule has 0 radical (unpaired) electrons. The molecule has 0 aliphatic carbocycles. The molecule has 1 rings (SSSR count). The summed E-state index contributed by atoms with van der Waals surface area (Å²) in [7, 11) is 2.72. The zero-order valence-corrected chi connectivity index (χ0v) is 25.4. The maximum atomic E-state index is 13.4. The van der Waals surface area contributed by atoms with Crippen LogP contribution in [-0.2, 0) is 23.9 Å². The van der Waals surface area contributed by atoms with E-state index >= 15 is 0 Å². The van der Waals surface area contributed by atoms with Crippen LogP contribution in [0.1, 0.15) is 64.2 Å². The maximum absolute atomic E-state index is 13.4. The van der Waals surface area contributed by atoms with E-state index in [4.69, 9.17) is 14.2 Å². The van der Waals surface area contributed by atoms with E-state index in [1.807, 2.05) is 13.2 Å². The molecule has 12 heteroatoms. The molecule has 3 amide bonds. The number of methoxy groups -OCH3 is 2. The Morgan fingerprint density at radius 1 is 0.925 bits per heavy atom. The molecule has 0 saturated heterocycles. The summed E-state index contributed by atoms with van der Waals surface area (Å²) in [5, 5.41) is 7.80. The molecule has 0 aliphatic rings. The number of rotatable bonds is 15. The Morgan fingerprint density at radius 3 is 2.02 bits per heavy atom. The van der Waals surface area contributed by atoms with Gasteiger partial charge in [-0.25, -0.2) is 9.59 Å². The van der Waals surface area contributed by atoms with Crippen LogP contribution in [0.25, 0.3) is 0 Å². The van der Waals surface area contributed by atoms with Gasteiger partial charge in [0.25, 0.3) is 0 Å². The first kappa shape index (κ1) is 34.7. The second kappa shape index (κ2) is 16.7. The van der Waals surface area contributed by atoms with Crippen molar-refractivity contribution in [1.82, 2.24) is 16.0 Å². The highest BCUT2D eigenvalue weighted by Gasteiger charge is 2.33. The van der Waals surface area contributed by atoms with Crippen molar-refractivity contribution >= 4 is 41.4 Å². The van der Waals surface area contributed by atoms with Gasteiger partial charge in [-0.1, -0.05) is 20.3 Å². The van der Waals surface area contributed by atoms with Crippen LogP contribution >= 0.6 is 11.8 Å². The highest BCUT2D eigenvalue weighted by molar-refractivity contribution is 7.98. The van der Waals surface area contributed by atoms with Crippen LogP contribution in [0.5, 0.6) is 5.75 Å². The van der Waals surface area contributed by atoms with Crippen molar-refractivity contribution in [3.8, 4) is 5.75 Å². The van der Waals surface area contributed by atoms with Crippen LogP contribution in [0.4, 0.5) is 4.79 Å².